The lowest BCUT2D eigenvalue weighted by molar-refractivity contribution is -0.384. The molecule has 0 bridgehead atoms. The maximum absolute atomic E-state index is 13.9. The van der Waals surface area contributed by atoms with E-state index >= 15 is 0 Å². The molecule has 3 N–H and O–H groups in total. The molecule has 0 unspecified atom stereocenters. The van der Waals surface area contributed by atoms with Crippen LogP contribution in [0, 0.1) is 21.4 Å². The van der Waals surface area contributed by atoms with Gasteiger partial charge in [-0.3, -0.25) is 19.8 Å². The minimum Gasteiger partial charge on any atom is -0.455 e. The van der Waals surface area contributed by atoms with Crippen LogP contribution in [0.1, 0.15) is 84.8 Å². The molecule has 3 aromatic heterocycles. The summed E-state index contributed by atoms with van der Waals surface area (Å²) in [4.78, 5) is 41.3. The predicted octanol–water partition coefficient (Wildman–Crippen LogP) is 7.30. The number of ether oxygens (including phenoxy) is 2. The van der Waals surface area contributed by atoms with Gasteiger partial charge >= 0.3 is 5.69 Å². The van der Waals surface area contributed by atoms with E-state index in [2.05, 4.69) is 59.1 Å². The Morgan fingerprint density at radius 3 is 2.57 bits per heavy atom. The predicted molar refractivity (Wildman–Crippen MR) is 225 cm³/mol. The number of nitrogens with zero attached hydrogens (tertiary/aromatic N) is 5. The molecule has 5 fully saturated rings. The van der Waals surface area contributed by atoms with E-state index in [0.717, 1.165) is 74.6 Å². The van der Waals surface area contributed by atoms with Crippen molar-refractivity contribution in [2.24, 2.45) is 11.3 Å². The second-order valence-electron chi connectivity index (χ2n) is 17.3. The fraction of sp³-hybridized carbons (Fsp3) is 0.432. The third-order valence-electron chi connectivity index (χ3n) is 13.2. The molecule has 1 atom stereocenters. The summed E-state index contributed by atoms with van der Waals surface area (Å²) < 4.78 is 41.0. The van der Waals surface area contributed by atoms with Crippen molar-refractivity contribution in [2.45, 2.75) is 74.3 Å². The molecule has 5 aliphatic rings. The molecule has 3 saturated heterocycles. The number of rotatable bonds is 13. The number of nitro groups is 1. The first-order chi connectivity index (χ1) is 29.1. The number of carbonyl (C=O) groups excluding carboxylic acids is 1. The molecule has 0 radical (unpaired) electrons. The van der Waals surface area contributed by atoms with Gasteiger partial charge in [-0.05, 0) is 105 Å². The van der Waals surface area contributed by atoms with Crippen molar-refractivity contribution in [3.8, 4) is 11.5 Å². The Morgan fingerprint density at radius 1 is 0.983 bits per heavy atom. The van der Waals surface area contributed by atoms with Gasteiger partial charge in [0.05, 0.1) is 22.9 Å². The highest BCUT2D eigenvalue weighted by Gasteiger charge is 2.55. The number of nitrogens with one attached hydrogen (secondary N) is 3. The zero-order valence-electron chi connectivity index (χ0n) is 33.2. The number of sulfonamides is 1. The van der Waals surface area contributed by atoms with E-state index in [1.807, 2.05) is 12.1 Å². The van der Waals surface area contributed by atoms with Crippen LogP contribution in [0.25, 0.3) is 11.0 Å². The average Bonchev–Trinajstić information content (AvgIpc) is 3.77. The largest absolute Gasteiger partial charge is 0.455 e. The highest BCUT2D eigenvalue weighted by Crippen LogP contribution is 2.55. The molecular weight excluding hydrogens is 785 g/mol. The molecule has 2 aliphatic carbocycles. The fourth-order valence-electron chi connectivity index (χ4n) is 9.89. The molecule has 16 heteroatoms. The molecule has 2 saturated carbocycles. The minimum absolute atomic E-state index is 0.0285. The van der Waals surface area contributed by atoms with Gasteiger partial charge in [-0.15, -0.1) is 0 Å². The second-order valence-corrected chi connectivity index (χ2v) is 18.9. The van der Waals surface area contributed by atoms with E-state index in [-0.39, 0.29) is 28.5 Å². The summed E-state index contributed by atoms with van der Waals surface area (Å²) >= 11 is 0. The highest BCUT2D eigenvalue weighted by atomic mass is 32.2. The summed E-state index contributed by atoms with van der Waals surface area (Å²) in [7, 11) is -4.59. The highest BCUT2D eigenvalue weighted by molar-refractivity contribution is 7.90. The number of likely N-dealkylation sites (tertiary alicyclic amines) is 1. The van der Waals surface area contributed by atoms with E-state index in [9.17, 15) is 23.3 Å². The fourth-order valence-corrected chi connectivity index (χ4v) is 10.8. The van der Waals surface area contributed by atoms with Crippen molar-refractivity contribution < 1.29 is 27.6 Å². The van der Waals surface area contributed by atoms with Gasteiger partial charge < -0.3 is 24.7 Å². The summed E-state index contributed by atoms with van der Waals surface area (Å²) in [6.45, 7) is 4.56. The average molecular weight is 833 g/mol. The maximum atomic E-state index is 13.9. The summed E-state index contributed by atoms with van der Waals surface area (Å²) in [5.74, 6) is 0.486. The van der Waals surface area contributed by atoms with Crippen molar-refractivity contribution in [3.05, 3.63) is 106 Å². The zero-order chi connectivity index (χ0) is 41.0. The Balaban J connectivity index is 0.850. The first-order valence-corrected chi connectivity index (χ1v) is 22.5. The number of fused-ring (bicyclic) bond motifs is 1. The smallest absolute Gasteiger partial charge is 0.312 e. The monoisotopic (exact) mass is 832 g/mol. The van der Waals surface area contributed by atoms with Crippen LogP contribution >= 0.6 is 0 Å². The molecule has 3 aliphatic heterocycles. The van der Waals surface area contributed by atoms with Crippen LogP contribution in [0.5, 0.6) is 11.5 Å². The van der Waals surface area contributed by atoms with Crippen LogP contribution in [0.3, 0.4) is 0 Å². The molecule has 312 valence electrons. The van der Waals surface area contributed by atoms with Crippen LogP contribution in [0.15, 0.2) is 84.1 Å². The number of carbonyl (C=O) groups is 1. The number of anilines is 2. The third-order valence-corrected chi connectivity index (χ3v) is 14.5. The van der Waals surface area contributed by atoms with Crippen molar-refractivity contribution in [2.75, 3.05) is 49.6 Å². The molecule has 10 rings (SSSR count). The number of hydrogen-bond acceptors (Lipinski definition) is 12. The van der Waals surface area contributed by atoms with Gasteiger partial charge in [0, 0.05) is 79.7 Å². The summed E-state index contributed by atoms with van der Waals surface area (Å²) in [5.41, 5.74) is 4.31. The molecule has 6 heterocycles. The lowest BCUT2D eigenvalue weighted by Crippen LogP contribution is -2.66. The number of pyridine rings is 2. The normalized spacial score (nSPS) is 20.8. The van der Waals surface area contributed by atoms with Gasteiger partial charge in [-0.1, -0.05) is 24.3 Å². The Labute approximate surface area is 348 Å². The quantitative estimate of drug-likeness (QED) is 0.0796. The lowest BCUT2D eigenvalue weighted by Gasteiger charge is -2.62. The number of aromatic nitrogens is 3. The Hall–Kier alpha value is -5.58. The SMILES string of the molecule is O=C(NS(=O)(=O)c1cnc(NCC2CCOCC2)c([N+](=O)[O-])c1)c1ccc(N2CC3(CC(N4CCC[C@@H]4c4ccccc4C4CC4)C3)C2)cc1Oc1cnc2[nH]ccc2c1. The Bertz CT molecular complexity index is 2560. The maximum Gasteiger partial charge on any atom is 0.312 e. The summed E-state index contributed by atoms with van der Waals surface area (Å²) in [6.07, 6.45) is 13.3. The zero-order valence-corrected chi connectivity index (χ0v) is 34.0. The van der Waals surface area contributed by atoms with E-state index < -0.39 is 31.4 Å². The van der Waals surface area contributed by atoms with Crippen molar-refractivity contribution in [1.82, 2.24) is 24.6 Å². The third kappa shape index (κ3) is 7.56. The van der Waals surface area contributed by atoms with E-state index in [4.69, 9.17) is 9.47 Å². The van der Waals surface area contributed by atoms with Crippen LogP contribution < -0.4 is 19.7 Å². The number of amides is 1. The van der Waals surface area contributed by atoms with Crippen LogP contribution in [-0.4, -0.2) is 84.5 Å². The van der Waals surface area contributed by atoms with Gasteiger partial charge in [-0.2, -0.15) is 0 Å². The Kier molecular flexibility index (Phi) is 9.95. The van der Waals surface area contributed by atoms with E-state index in [1.54, 1.807) is 30.0 Å². The van der Waals surface area contributed by atoms with Gasteiger partial charge in [0.15, 0.2) is 0 Å². The molecule has 60 heavy (non-hydrogen) atoms. The number of aromatic amines is 1. The second kappa shape index (κ2) is 15.5. The molecule has 1 spiro atoms. The van der Waals surface area contributed by atoms with Crippen LogP contribution in [0.4, 0.5) is 17.2 Å². The standard InChI is InChI=1S/C44H48N8O7S/c53-43(49-60(56,57)34-20-39(52(54)55)42(48-25-34)46-23-28-12-16-58-17-13-28)37-10-9-31(19-40(37)59-33-18-30-11-14-45-41(30)47-24-33)50-26-44(27-50)21-32(22-44)51-15-3-6-38(51)36-5-2-1-4-35(36)29-7-8-29/h1-2,4-5,9-11,14,18-20,24-25,28-29,32,38H,3,6-8,12-13,15-17,21-23,26-27H2,(H,45,47)(H,46,48)(H,49,53)/t38-/m1/s1. The molecule has 5 aromatic rings. The van der Waals surface area contributed by atoms with Crippen LogP contribution in [0.2, 0.25) is 0 Å². The van der Waals surface area contributed by atoms with Crippen molar-refractivity contribution >= 4 is 44.2 Å². The minimum atomic E-state index is -4.59. The first kappa shape index (κ1) is 38.6. The molecular formula is C44H48N8O7S. The lowest BCUT2D eigenvalue weighted by atomic mass is 9.60. The number of benzene rings is 2. The van der Waals surface area contributed by atoms with Crippen molar-refractivity contribution in [1.29, 1.82) is 0 Å². The van der Waals surface area contributed by atoms with E-state index in [0.29, 0.717) is 43.2 Å². The molecule has 15 nitrogen and oxygen atoms in total. The topological polar surface area (TPSA) is 185 Å². The number of H-pyrrole nitrogens is 1. The summed E-state index contributed by atoms with van der Waals surface area (Å²) in [5, 5.41) is 15.8. The van der Waals surface area contributed by atoms with Gasteiger partial charge in [0.1, 0.15) is 22.0 Å². The van der Waals surface area contributed by atoms with Crippen molar-refractivity contribution in [3.63, 3.8) is 0 Å². The van der Waals surface area contributed by atoms with Gasteiger partial charge in [-0.25, -0.2) is 23.1 Å². The van der Waals surface area contributed by atoms with Gasteiger partial charge in [0.25, 0.3) is 15.9 Å². The number of hydrogen-bond donors (Lipinski definition) is 3. The van der Waals surface area contributed by atoms with Crippen LogP contribution in [-0.2, 0) is 14.8 Å². The first-order valence-electron chi connectivity index (χ1n) is 21.0. The van der Waals surface area contributed by atoms with E-state index in [1.165, 1.54) is 37.4 Å². The Morgan fingerprint density at radius 2 is 1.78 bits per heavy atom. The molecule has 2 aromatic carbocycles. The molecule has 1 amide bonds. The van der Waals surface area contributed by atoms with Gasteiger partial charge in [0.2, 0.25) is 5.82 Å². The summed E-state index contributed by atoms with van der Waals surface area (Å²) in [6, 6.07) is 19.8.